The van der Waals surface area contributed by atoms with E-state index in [0.717, 1.165) is 23.4 Å². The van der Waals surface area contributed by atoms with Crippen LogP contribution in [0.5, 0.6) is 0 Å². The van der Waals surface area contributed by atoms with Gasteiger partial charge in [-0.2, -0.15) is 0 Å². The third kappa shape index (κ3) is 4.80. The van der Waals surface area contributed by atoms with Crippen molar-refractivity contribution >= 4 is 23.4 Å². The van der Waals surface area contributed by atoms with Gasteiger partial charge in [0.05, 0.1) is 5.92 Å². The van der Waals surface area contributed by atoms with E-state index >= 15 is 0 Å². The molecule has 6 heteroatoms. The van der Waals surface area contributed by atoms with E-state index in [-0.39, 0.29) is 30.1 Å². The first-order valence-corrected chi connectivity index (χ1v) is 9.09. The van der Waals surface area contributed by atoms with Crippen LogP contribution in [0.1, 0.15) is 34.8 Å². The molecule has 0 bridgehead atoms. The number of nitrogens with one attached hydrogen (secondary N) is 3. The summed E-state index contributed by atoms with van der Waals surface area (Å²) >= 11 is 0. The molecule has 3 amide bonds. The van der Waals surface area contributed by atoms with Crippen molar-refractivity contribution in [2.75, 3.05) is 11.9 Å². The van der Waals surface area contributed by atoms with Crippen molar-refractivity contribution in [3.8, 4) is 0 Å². The molecule has 0 spiro atoms. The number of rotatable bonds is 7. The van der Waals surface area contributed by atoms with Gasteiger partial charge in [-0.1, -0.05) is 37.3 Å². The Morgan fingerprint density at radius 3 is 2.52 bits per heavy atom. The monoisotopic (exact) mass is 365 g/mol. The molecule has 6 nitrogen and oxygen atoms in total. The number of imide groups is 1. The van der Waals surface area contributed by atoms with Crippen LogP contribution < -0.4 is 16.0 Å². The molecule has 3 N–H and O–H groups in total. The highest BCUT2D eigenvalue weighted by atomic mass is 16.2. The van der Waals surface area contributed by atoms with Crippen LogP contribution in [0.2, 0.25) is 0 Å². The highest BCUT2D eigenvalue weighted by Crippen LogP contribution is 2.19. The van der Waals surface area contributed by atoms with Crippen LogP contribution in [-0.4, -0.2) is 24.3 Å². The molecule has 1 saturated heterocycles. The lowest BCUT2D eigenvalue weighted by atomic mass is 9.97. The molecule has 1 unspecified atom stereocenters. The Morgan fingerprint density at radius 2 is 1.85 bits per heavy atom. The van der Waals surface area contributed by atoms with Crippen molar-refractivity contribution in [2.24, 2.45) is 5.92 Å². The molecular formula is C21H23N3O3. The zero-order valence-corrected chi connectivity index (χ0v) is 15.2. The largest absolute Gasteiger partial charge is 0.322 e. The fourth-order valence-electron chi connectivity index (χ4n) is 3.10. The number of anilines is 1. The van der Waals surface area contributed by atoms with Gasteiger partial charge in [-0.15, -0.1) is 0 Å². The minimum atomic E-state index is -0.324. The Morgan fingerprint density at radius 1 is 1.11 bits per heavy atom. The molecule has 2 aromatic rings. The van der Waals surface area contributed by atoms with Crippen molar-refractivity contribution in [3.63, 3.8) is 0 Å². The molecule has 1 aliphatic rings. The Balaban J connectivity index is 1.64. The van der Waals surface area contributed by atoms with Gasteiger partial charge in [-0.25, -0.2) is 0 Å². The molecule has 27 heavy (non-hydrogen) atoms. The van der Waals surface area contributed by atoms with Crippen molar-refractivity contribution in [1.29, 1.82) is 0 Å². The van der Waals surface area contributed by atoms with Gasteiger partial charge in [0.25, 0.3) is 5.91 Å². The summed E-state index contributed by atoms with van der Waals surface area (Å²) in [7, 11) is 0. The second kappa shape index (κ2) is 8.60. The summed E-state index contributed by atoms with van der Waals surface area (Å²) in [5, 5.41) is 8.53. The lowest BCUT2D eigenvalue weighted by Gasteiger charge is -2.12. The summed E-state index contributed by atoms with van der Waals surface area (Å²) in [5.41, 5.74) is 3.28. The first-order chi connectivity index (χ1) is 13.1. The summed E-state index contributed by atoms with van der Waals surface area (Å²) in [6.45, 7) is 3.58. The van der Waals surface area contributed by atoms with Gasteiger partial charge in [-0.3, -0.25) is 19.7 Å². The van der Waals surface area contributed by atoms with Gasteiger partial charge in [0.15, 0.2) is 0 Å². The number of amides is 3. The quantitative estimate of drug-likeness (QED) is 0.657. The van der Waals surface area contributed by atoms with Crippen LogP contribution in [-0.2, 0) is 22.6 Å². The maximum absolute atomic E-state index is 12.6. The summed E-state index contributed by atoms with van der Waals surface area (Å²) in [6.07, 6.45) is 0.717. The normalized spacial score (nSPS) is 16.3. The molecule has 1 aliphatic heterocycles. The Hall–Kier alpha value is -2.99. The van der Waals surface area contributed by atoms with Gasteiger partial charge in [0, 0.05) is 24.2 Å². The van der Waals surface area contributed by atoms with Crippen molar-refractivity contribution < 1.29 is 14.4 Å². The van der Waals surface area contributed by atoms with E-state index < -0.39 is 0 Å². The minimum absolute atomic E-state index is 0.181. The van der Waals surface area contributed by atoms with Crippen LogP contribution in [0.3, 0.4) is 0 Å². The fraction of sp³-hybridized carbons (Fsp3) is 0.286. The predicted octanol–water partition coefficient (Wildman–Crippen LogP) is 2.25. The zero-order chi connectivity index (χ0) is 19.2. The molecular weight excluding hydrogens is 342 g/mol. The number of carbonyl (C=O) groups excluding carboxylic acids is 3. The van der Waals surface area contributed by atoms with Crippen molar-refractivity contribution in [2.45, 2.75) is 26.3 Å². The van der Waals surface area contributed by atoms with E-state index in [9.17, 15) is 14.4 Å². The Bertz CT molecular complexity index is 846. The molecule has 1 atom stereocenters. The lowest BCUT2D eigenvalue weighted by molar-refractivity contribution is -0.125. The second-order valence-electron chi connectivity index (χ2n) is 6.61. The van der Waals surface area contributed by atoms with Gasteiger partial charge < -0.3 is 10.6 Å². The van der Waals surface area contributed by atoms with Crippen LogP contribution >= 0.6 is 0 Å². The highest BCUT2D eigenvalue weighted by Gasteiger charge is 2.30. The maximum Gasteiger partial charge on any atom is 0.255 e. The molecule has 140 valence electrons. The topological polar surface area (TPSA) is 87.3 Å². The number of para-hydroxylation sites is 1. The summed E-state index contributed by atoms with van der Waals surface area (Å²) < 4.78 is 0. The van der Waals surface area contributed by atoms with Gasteiger partial charge in [0.1, 0.15) is 0 Å². The number of hydrogen-bond donors (Lipinski definition) is 3. The molecule has 2 aromatic carbocycles. The molecule has 1 fully saturated rings. The predicted molar refractivity (Wildman–Crippen MR) is 103 cm³/mol. The fourth-order valence-corrected chi connectivity index (χ4v) is 3.10. The van der Waals surface area contributed by atoms with E-state index in [4.69, 9.17) is 0 Å². The molecule has 0 aromatic heterocycles. The third-order valence-corrected chi connectivity index (χ3v) is 4.59. The summed E-state index contributed by atoms with van der Waals surface area (Å²) in [4.78, 5) is 35.5. The lowest BCUT2D eigenvalue weighted by Crippen LogP contribution is -2.22. The first kappa shape index (κ1) is 18.8. The average Bonchev–Trinajstić information content (AvgIpc) is 2.98. The van der Waals surface area contributed by atoms with E-state index in [1.165, 1.54) is 0 Å². The number of hydrogen-bond acceptors (Lipinski definition) is 4. The Kier molecular flexibility index (Phi) is 5.98. The van der Waals surface area contributed by atoms with Crippen molar-refractivity contribution in [1.82, 2.24) is 10.6 Å². The summed E-state index contributed by atoms with van der Waals surface area (Å²) in [5.74, 6) is -0.953. The second-order valence-corrected chi connectivity index (χ2v) is 6.61. The molecule has 3 rings (SSSR count). The molecule has 0 aliphatic carbocycles. The smallest absolute Gasteiger partial charge is 0.255 e. The average molecular weight is 365 g/mol. The maximum atomic E-state index is 12.6. The van der Waals surface area contributed by atoms with E-state index in [2.05, 4.69) is 16.0 Å². The first-order valence-electron chi connectivity index (χ1n) is 9.09. The van der Waals surface area contributed by atoms with Gasteiger partial charge in [0.2, 0.25) is 11.8 Å². The van der Waals surface area contributed by atoms with Gasteiger partial charge >= 0.3 is 0 Å². The van der Waals surface area contributed by atoms with Crippen LogP contribution in [0.25, 0.3) is 0 Å². The standard InChI is InChI=1S/C21H23N3O3/c1-2-22-13-16-5-3-4-6-18(16)23-20(26)15-9-7-14(8-10-15)11-17-12-19(25)24-21(17)27/h3-10,17,22H,2,11-13H2,1H3,(H,23,26)(H,24,25,27). The minimum Gasteiger partial charge on any atom is -0.322 e. The SMILES string of the molecule is CCNCc1ccccc1NC(=O)c1ccc(CC2CC(=O)NC2=O)cc1. The zero-order valence-electron chi connectivity index (χ0n) is 15.2. The molecule has 1 heterocycles. The van der Waals surface area contributed by atoms with Gasteiger partial charge in [-0.05, 0) is 42.3 Å². The van der Waals surface area contributed by atoms with Crippen LogP contribution in [0, 0.1) is 5.92 Å². The van der Waals surface area contributed by atoms with E-state index in [0.29, 0.717) is 18.5 Å². The molecule has 0 radical (unpaired) electrons. The third-order valence-electron chi connectivity index (χ3n) is 4.59. The number of benzene rings is 2. The van der Waals surface area contributed by atoms with E-state index in [1.807, 2.05) is 43.3 Å². The molecule has 0 saturated carbocycles. The Labute approximate surface area is 158 Å². The van der Waals surface area contributed by atoms with Crippen LogP contribution in [0.15, 0.2) is 48.5 Å². The van der Waals surface area contributed by atoms with Crippen molar-refractivity contribution in [3.05, 3.63) is 65.2 Å². The number of carbonyl (C=O) groups is 3. The van der Waals surface area contributed by atoms with E-state index in [1.54, 1.807) is 12.1 Å². The van der Waals surface area contributed by atoms with Crippen LogP contribution in [0.4, 0.5) is 5.69 Å². The summed E-state index contributed by atoms with van der Waals surface area (Å²) in [6, 6.07) is 14.8. The highest BCUT2D eigenvalue weighted by molar-refractivity contribution is 6.05.